The van der Waals surface area contributed by atoms with E-state index in [2.05, 4.69) is 44.3 Å². The molecule has 1 fully saturated rings. The van der Waals surface area contributed by atoms with Gasteiger partial charge in [-0.1, -0.05) is 12.1 Å². The Kier molecular flexibility index (Phi) is 4.63. The standard InChI is InChI=1S/C19H26N2O/c1-13-6-7-17-14(2)11-18(21-19(17)15(13)3)20-9-8-16-5-4-10-22-12-16/h6-7,11,16H,4-5,8-10,12H2,1-3H3,(H,20,21). The van der Waals surface area contributed by atoms with Crippen LogP contribution in [0, 0.1) is 26.7 Å². The highest BCUT2D eigenvalue weighted by atomic mass is 16.5. The molecule has 3 rings (SSSR count). The molecule has 1 aliphatic heterocycles. The van der Waals surface area contributed by atoms with E-state index in [1.165, 1.54) is 34.9 Å². The first-order valence-corrected chi connectivity index (χ1v) is 8.34. The fraction of sp³-hybridized carbons (Fsp3) is 0.526. The summed E-state index contributed by atoms with van der Waals surface area (Å²) in [5.74, 6) is 1.70. The summed E-state index contributed by atoms with van der Waals surface area (Å²) in [6.45, 7) is 9.30. The molecule has 0 radical (unpaired) electrons. The molecule has 3 nitrogen and oxygen atoms in total. The number of nitrogens with one attached hydrogen (secondary N) is 1. The second-order valence-corrected chi connectivity index (χ2v) is 6.53. The minimum atomic E-state index is 0.701. The van der Waals surface area contributed by atoms with Gasteiger partial charge in [0.1, 0.15) is 5.82 Å². The lowest BCUT2D eigenvalue weighted by molar-refractivity contribution is 0.0530. The number of nitrogens with zero attached hydrogens (tertiary/aromatic N) is 1. The Morgan fingerprint density at radius 2 is 2.09 bits per heavy atom. The third-order valence-electron chi connectivity index (χ3n) is 4.83. The molecular formula is C19H26N2O. The molecule has 2 aromatic rings. The van der Waals surface area contributed by atoms with E-state index < -0.39 is 0 Å². The number of ether oxygens (including phenoxy) is 1. The molecular weight excluding hydrogens is 272 g/mol. The minimum Gasteiger partial charge on any atom is -0.381 e. The van der Waals surface area contributed by atoms with Crippen LogP contribution in [0.3, 0.4) is 0 Å². The van der Waals surface area contributed by atoms with Crippen molar-refractivity contribution in [3.05, 3.63) is 34.9 Å². The van der Waals surface area contributed by atoms with Gasteiger partial charge < -0.3 is 10.1 Å². The number of aromatic nitrogens is 1. The highest BCUT2D eigenvalue weighted by Crippen LogP contribution is 2.25. The van der Waals surface area contributed by atoms with E-state index in [0.29, 0.717) is 5.92 Å². The van der Waals surface area contributed by atoms with Gasteiger partial charge >= 0.3 is 0 Å². The molecule has 1 aromatic carbocycles. The van der Waals surface area contributed by atoms with Crippen molar-refractivity contribution in [1.82, 2.24) is 4.98 Å². The largest absolute Gasteiger partial charge is 0.381 e. The molecule has 1 unspecified atom stereocenters. The molecule has 22 heavy (non-hydrogen) atoms. The first-order chi connectivity index (χ1) is 10.6. The van der Waals surface area contributed by atoms with Crippen LogP contribution in [0.5, 0.6) is 0 Å². The highest BCUT2D eigenvalue weighted by Gasteiger charge is 2.13. The number of anilines is 1. The fourth-order valence-electron chi connectivity index (χ4n) is 3.23. The van der Waals surface area contributed by atoms with Crippen molar-refractivity contribution in [1.29, 1.82) is 0 Å². The lowest BCUT2D eigenvalue weighted by Crippen LogP contribution is -2.20. The van der Waals surface area contributed by atoms with Gasteiger partial charge in [-0.25, -0.2) is 4.98 Å². The molecule has 2 heterocycles. The van der Waals surface area contributed by atoms with E-state index in [4.69, 9.17) is 9.72 Å². The van der Waals surface area contributed by atoms with Gasteiger partial charge in [0.15, 0.2) is 0 Å². The van der Waals surface area contributed by atoms with Gasteiger partial charge in [-0.3, -0.25) is 0 Å². The highest BCUT2D eigenvalue weighted by molar-refractivity contribution is 5.87. The average molecular weight is 298 g/mol. The zero-order valence-corrected chi connectivity index (χ0v) is 13.9. The SMILES string of the molecule is Cc1ccc2c(C)cc(NCCC3CCCOC3)nc2c1C. The summed E-state index contributed by atoms with van der Waals surface area (Å²) in [7, 11) is 0. The number of hydrogen-bond donors (Lipinski definition) is 1. The van der Waals surface area contributed by atoms with Crippen LogP contribution in [-0.2, 0) is 4.74 Å². The van der Waals surface area contributed by atoms with E-state index in [9.17, 15) is 0 Å². The average Bonchev–Trinajstić information content (AvgIpc) is 2.52. The van der Waals surface area contributed by atoms with Gasteiger partial charge in [-0.15, -0.1) is 0 Å². The quantitative estimate of drug-likeness (QED) is 0.909. The first-order valence-electron chi connectivity index (χ1n) is 8.34. The third kappa shape index (κ3) is 3.25. The monoisotopic (exact) mass is 298 g/mol. The van der Waals surface area contributed by atoms with Crippen molar-refractivity contribution in [2.75, 3.05) is 25.1 Å². The topological polar surface area (TPSA) is 34.1 Å². The van der Waals surface area contributed by atoms with Crippen molar-refractivity contribution in [3.63, 3.8) is 0 Å². The lowest BCUT2D eigenvalue weighted by Gasteiger charge is -2.22. The van der Waals surface area contributed by atoms with E-state index in [0.717, 1.165) is 37.5 Å². The Balaban J connectivity index is 1.72. The number of fused-ring (bicyclic) bond motifs is 1. The summed E-state index contributed by atoms with van der Waals surface area (Å²) in [6.07, 6.45) is 3.66. The Morgan fingerprint density at radius 3 is 2.86 bits per heavy atom. The van der Waals surface area contributed by atoms with Crippen LogP contribution < -0.4 is 5.32 Å². The fourth-order valence-corrected chi connectivity index (χ4v) is 3.23. The minimum absolute atomic E-state index is 0.701. The van der Waals surface area contributed by atoms with Crippen LogP contribution in [0.1, 0.15) is 36.0 Å². The predicted octanol–water partition coefficient (Wildman–Crippen LogP) is 4.39. The van der Waals surface area contributed by atoms with Crippen LogP contribution in [-0.4, -0.2) is 24.7 Å². The molecule has 1 aliphatic rings. The maximum absolute atomic E-state index is 5.55. The van der Waals surface area contributed by atoms with Crippen molar-refractivity contribution >= 4 is 16.7 Å². The molecule has 1 aromatic heterocycles. The van der Waals surface area contributed by atoms with E-state index >= 15 is 0 Å². The Bertz CT molecular complexity index is 660. The van der Waals surface area contributed by atoms with Gasteiger partial charge in [-0.05, 0) is 68.7 Å². The molecule has 1 saturated heterocycles. The number of rotatable bonds is 4. The Labute approximate surface area is 133 Å². The molecule has 0 bridgehead atoms. The number of hydrogen-bond acceptors (Lipinski definition) is 3. The van der Waals surface area contributed by atoms with E-state index in [1.54, 1.807) is 0 Å². The number of aryl methyl sites for hydroxylation is 3. The summed E-state index contributed by atoms with van der Waals surface area (Å²) in [5.41, 5.74) is 5.00. The number of pyridine rings is 1. The Morgan fingerprint density at radius 1 is 1.23 bits per heavy atom. The maximum Gasteiger partial charge on any atom is 0.126 e. The summed E-state index contributed by atoms with van der Waals surface area (Å²) < 4.78 is 5.55. The molecule has 0 saturated carbocycles. The van der Waals surface area contributed by atoms with Crippen LogP contribution in [0.15, 0.2) is 18.2 Å². The molecule has 0 spiro atoms. The van der Waals surface area contributed by atoms with Crippen molar-refractivity contribution < 1.29 is 4.74 Å². The molecule has 0 amide bonds. The zero-order valence-electron chi connectivity index (χ0n) is 13.9. The van der Waals surface area contributed by atoms with Gasteiger partial charge in [0.2, 0.25) is 0 Å². The van der Waals surface area contributed by atoms with Crippen molar-refractivity contribution in [2.24, 2.45) is 5.92 Å². The normalized spacial score (nSPS) is 18.6. The smallest absolute Gasteiger partial charge is 0.126 e. The molecule has 0 aliphatic carbocycles. The van der Waals surface area contributed by atoms with Crippen LogP contribution >= 0.6 is 0 Å². The van der Waals surface area contributed by atoms with Crippen molar-refractivity contribution in [3.8, 4) is 0 Å². The lowest BCUT2D eigenvalue weighted by atomic mass is 9.99. The van der Waals surface area contributed by atoms with E-state index in [1.807, 2.05) is 0 Å². The van der Waals surface area contributed by atoms with Gasteiger partial charge in [-0.2, -0.15) is 0 Å². The summed E-state index contributed by atoms with van der Waals surface area (Å²) in [6, 6.07) is 6.53. The Hall–Kier alpha value is -1.61. The molecule has 1 atom stereocenters. The van der Waals surface area contributed by atoms with Crippen LogP contribution in [0.4, 0.5) is 5.82 Å². The van der Waals surface area contributed by atoms with Crippen molar-refractivity contribution in [2.45, 2.75) is 40.0 Å². The third-order valence-corrected chi connectivity index (χ3v) is 4.83. The summed E-state index contributed by atoms with van der Waals surface area (Å²) >= 11 is 0. The van der Waals surface area contributed by atoms with Gasteiger partial charge in [0.25, 0.3) is 0 Å². The molecule has 1 N–H and O–H groups in total. The van der Waals surface area contributed by atoms with E-state index in [-0.39, 0.29) is 0 Å². The predicted molar refractivity (Wildman–Crippen MR) is 92.6 cm³/mol. The second kappa shape index (κ2) is 6.66. The molecule has 118 valence electrons. The summed E-state index contributed by atoms with van der Waals surface area (Å²) in [4.78, 5) is 4.84. The molecule has 3 heteroatoms. The second-order valence-electron chi connectivity index (χ2n) is 6.53. The summed E-state index contributed by atoms with van der Waals surface area (Å²) in [5, 5.41) is 4.76. The number of benzene rings is 1. The van der Waals surface area contributed by atoms with Crippen LogP contribution in [0.25, 0.3) is 10.9 Å². The maximum atomic E-state index is 5.55. The zero-order chi connectivity index (χ0) is 15.5. The first kappa shape index (κ1) is 15.3. The van der Waals surface area contributed by atoms with Crippen LogP contribution in [0.2, 0.25) is 0 Å². The van der Waals surface area contributed by atoms with Gasteiger partial charge in [0, 0.05) is 25.1 Å². The van der Waals surface area contributed by atoms with Gasteiger partial charge in [0.05, 0.1) is 5.52 Å².